The van der Waals surface area contributed by atoms with E-state index >= 15 is 0 Å². The van der Waals surface area contributed by atoms with Gasteiger partial charge in [0.15, 0.2) is 0 Å². The number of hydrogen-bond donors (Lipinski definition) is 0. The molecule has 0 aromatic carbocycles. The van der Waals surface area contributed by atoms with Crippen LogP contribution in [-0.2, 0) is 16.5 Å². The molecule has 0 N–H and O–H groups in total. The van der Waals surface area contributed by atoms with Gasteiger partial charge in [-0.25, -0.2) is 0 Å². The van der Waals surface area contributed by atoms with E-state index in [1.807, 2.05) is 18.2 Å². The smallest absolute Gasteiger partial charge is 0.132 e. The van der Waals surface area contributed by atoms with Crippen molar-refractivity contribution in [1.29, 1.82) is 0 Å². The predicted octanol–water partition coefficient (Wildman–Crippen LogP) is 5.93. The highest BCUT2D eigenvalue weighted by Crippen LogP contribution is 2.50. The number of ether oxygens (including phenoxy) is 2. The van der Waals surface area contributed by atoms with Crippen molar-refractivity contribution in [3.05, 3.63) is 46.4 Å². The number of pyridine rings is 1. The lowest BCUT2D eigenvalue weighted by atomic mass is 9.67. The summed E-state index contributed by atoms with van der Waals surface area (Å²) in [7, 11) is -2.92. The Morgan fingerprint density at radius 2 is 2.30 bits per heavy atom. The second-order valence-corrected chi connectivity index (χ2v) is 8.35. The molecule has 2 aromatic heterocycles. The topological polar surface area (TPSA) is 31.4 Å². The van der Waals surface area contributed by atoms with E-state index in [0.717, 1.165) is 31.4 Å². The fourth-order valence-corrected chi connectivity index (χ4v) is 5.13. The number of thiophene rings is 1. The van der Waals surface area contributed by atoms with Gasteiger partial charge in [-0.05, 0) is 68.4 Å². The normalized spacial score (nSPS) is 30.7. The van der Waals surface area contributed by atoms with E-state index in [2.05, 4.69) is 4.98 Å². The van der Waals surface area contributed by atoms with Gasteiger partial charge in [-0.3, -0.25) is 4.98 Å². The number of aromatic nitrogens is 1. The van der Waals surface area contributed by atoms with Crippen molar-refractivity contribution in [3.63, 3.8) is 0 Å². The summed E-state index contributed by atoms with van der Waals surface area (Å²) >= 11 is 0.616. The molecule has 1 aliphatic carbocycles. The zero-order valence-corrected chi connectivity index (χ0v) is 16.2. The summed E-state index contributed by atoms with van der Waals surface area (Å²) < 4.78 is 84.5. The van der Waals surface area contributed by atoms with Crippen LogP contribution in [0.3, 0.4) is 0 Å². The summed E-state index contributed by atoms with van der Waals surface area (Å²) in [6.07, 6.45) is 1.88. The monoisotopic (exact) mass is 394 g/mol. The van der Waals surface area contributed by atoms with Gasteiger partial charge in [0.2, 0.25) is 0 Å². The van der Waals surface area contributed by atoms with Crippen LogP contribution >= 0.6 is 11.3 Å². The quantitative estimate of drug-likeness (QED) is 0.583. The van der Waals surface area contributed by atoms with Crippen LogP contribution in [0.15, 0.2) is 35.8 Å². The SMILES string of the molecule is [2H]c1sc(C([2H])([2H])CC([2H])([2H])C[C@@]2(c3ccccn3)CCOC3(CCCC3)C2)c(OC([2H])([2H])[2H])c1[2H]. The molecule has 3 nitrogen and oxygen atoms in total. The van der Waals surface area contributed by atoms with E-state index in [1.54, 1.807) is 6.20 Å². The molecular weight excluding hydrogens is 354 g/mol. The molecule has 1 aliphatic heterocycles. The van der Waals surface area contributed by atoms with Gasteiger partial charge >= 0.3 is 0 Å². The number of aryl methyl sites for hydroxylation is 1. The van der Waals surface area contributed by atoms with E-state index in [1.165, 1.54) is 0 Å². The van der Waals surface area contributed by atoms with Gasteiger partial charge in [-0.15, -0.1) is 11.3 Å². The minimum absolute atomic E-state index is 0.0178. The van der Waals surface area contributed by atoms with Crippen LogP contribution in [0.5, 0.6) is 5.75 Å². The molecule has 3 heterocycles. The van der Waals surface area contributed by atoms with Gasteiger partial charge in [-0.1, -0.05) is 25.3 Å². The number of hydrogen-bond acceptors (Lipinski definition) is 4. The number of rotatable bonds is 7. The highest BCUT2D eigenvalue weighted by Gasteiger charge is 2.48. The van der Waals surface area contributed by atoms with Crippen LogP contribution in [-0.4, -0.2) is 24.2 Å². The number of nitrogens with zero attached hydrogens (tertiary/aromatic N) is 1. The lowest BCUT2D eigenvalue weighted by Gasteiger charge is -2.46. The van der Waals surface area contributed by atoms with Gasteiger partial charge in [0, 0.05) is 34.3 Å². The largest absolute Gasteiger partial charge is 0.496 e. The van der Waals surface area contributed by atoms with Crippen LogP contribution < -0.4 is 4.74 Å². The van der Waals surface area contributed by atoms with Crippen LogP contribution in [0.1, 0.15) is 80.6 Å². The maximum absolute atomic E-state index is 8.93. The molecule has 2 fully saturated rings. The third kappa shape index (κ3) is 4.07. The Hall–Kier alpha value is -1.39. The molecule has 0 unspecified atom stereocenters. The fourth-order valence-electron chi connectivity index (χ4n) is 4.55. The van der Waals surface area contributed by atoms with E-state index < -0.39 is 43.4 Å². The third-order valence-electron chi connectivity index (χ3n) is 5.84. The van der Waals surface area contributed by atoms with E-state index in [4.69, 9.17) is 21.8 Å². The van der Waals surface area contributed by atoms with Crippen molar-refractivity contribution in [2.24, 2.45) is 0 Å². The van der Waals surface area contributed by atoms with Crippen molar-refractivity contribution in [1.82, 2.24) is 4.98 Å². The Kier molecular flexibility index (Phi) is 3.38. The number of methoxy groups -OCH3 is 1. The van der Waals surface area contributed by atoms with Crippen molar-refractivity contribution < 1.29 is 21.8 Å². The summed E-state index contributed by atoms with van der Waals surface area (Å²) in [5.41, 5.74) is -0.189. The molecule has 2 aliphatic rings. The molecule has 2 aromatic rings. The Morgan fingerprint density at radius 3 is 3.11 bits per heavy atom. The molecule has 0 amide bonds. The van der Waals surface area contributed by atoms with Crippen molar-refractivity contribution in [2.75, 3.05) is 13.6 Å². The van der Waals surface area contributed by atoms with Gasteiger partial charge in [0.05, 0.1) is 19.5 Å². The summed E-state index contributed by atoms with van der Waals surface area (Å²) in [6.45, 7) is 0.478. The van der Waals surface area contributed by atoms with Crippen molar-refractivity contribution in [3.8, 4) is 5.75 Å². The second-order valence-electron chi connectivity index (χ2n) is 7.53. The first kappa shape index (κ1) is 11.0. The lowest BCUT2D eigenvalue weighted by molar-refractivity contribution is -0.104. The Morgan fingerprint density at radius 1 is 1.37 bits per heavy atom. The minimum Gasteiger partial charge on any atom is -0.496 e. The van der Waals surface area contributed by atoms with Crippen LogP contribution in [0.4, 0.5) is 0 Å². The molecule has 1 atom stereocenters. The van der Waals surface area contributed by atoms with Gasteiger partial charge in [-0.2, -0.15) is 0 Å². The van der Waals surface area contributed by atoms with Gasteiger partial charge in [0.25, 0.3) is 0 Å². The van der Waals surface area contributed by atoms with E-state index in [-0.39, 0.29) is 22.3 Å². The Bertz CT molecular complexity index is 1070. The molecule has 27 heavy (non-hydrogen) atoms. The molecule has 4 rings (SSSR count). The van der Waals surface area contributed by atoms with Crippen LogP contribution in [0.25, 0.3) is 0 Å². The lowest BCUT2D eigenvalue weighted by Crippen LogP contribution is -2.46. The zero-order valence-electron chi connectivity index (χ0n) is 24.3. The first-order valence-corrected chi connectivity index (χ1v) is 10.3. The van der Waals surface area contributed by atoms with Crippen molar-refractivity contribution >= 4 is 11.3 Å². The second kappa shape index (κ2) is 8.32. The maximum Gasteiger partial charge on any atom is 0.132 e. The Balaban J connectivity index is 1.65. The molecule has 0 radical (unpaired) electrons. The molecule has 1 saturated heterocycles. The van der Waals surface area contributed by atoms with E-state index in [9.17, 15) is 0 Å². The molecule has 146 valence electrons. The Labute approximate surface area is 179 Å². The van der Waals surface area contributed by atoms with Crippen molar-refractivity contribution in [2.45, 2.75) is 75.1 Å². The fraction of sp³-hybridized carbons (Fsp3) is 0.609. The predicted molar refractivity (Wildman–Crippen MR) is 111 cm³/mol. The first-order valence-electron chi connectivity index (χ1n) is 14.0. The maximum atomic E-state index is 8.93. The molecular formula is C23H31NO2S. The molecule has 1 saturated carbocycles. The summed E-state index contributed by atoms with van der Waals surface area (Å²) in [5.74, 6) is -0.513. The first-order chi connectivity index (χ1) is 16.7. The summed E-state index contributed by atoms with van der Waals surface area (Å²) in [5, 5.41) is -0.328. The van der Waals surface area contributed by atoms with E-state index in [0.29, 0.717) is 30.8 Å². The minimum atomic E-state index is -2.92. The molecule has 1 spiro atoms. The van der Waals surface area contributed by atoms with Crippen LogP contribution in [0, 0.1) is 0 Å². The van der Waals surface area contributed by atoms with Gasteiger partial charge < -0.3 is 9.47 Å². The summed E-state index contributed by atoms with van der Waals surface area (Å²) in [6, 6.07) is 5.09. The average molecular weight is 395 g/mol. The standard InChI is InChI=1S/C23H31NO2S/c1-25-19-10-17-27-20(19)8-2-4-11-22(21-9-3-7-15-24-21)14-16-26-23(18-22)12-5-6-13-23/h3,7,9-10,15,17H,2,4-6,8,11-14,16,18H2,1H3/t22-/m1/s1/i1D3,4D2,8D2,10D,17D. The summed E-state index contributed by atoms with van der Waals surface area (Å²) in [4.78, 5) is 4.34. The molecule has 4 heteroatoms. The molecule has 0 bridgehead atoms. The highest BCUT2D eigenvalue weighted by atomic mass is 32.1. The highest BCUT2D eigenvalue weighted by molar-refractivity contribution is 7.10. The van der Waals surface area contributed by atoms with Gasteiger partial charge in [0.1, 0.15) is 5.75 Å². The van der Waals surface area contributed by atoms with Crippen LogP contribution in [0.2, 0.25) is 0 Å². The third-order valence-corrected chi connectivity index (χ3v) is 6.57. The average Bonchev–Trinajstić information content (AvgIpc) is 3.32. The zero-order chi connectivity index (χ0) is 26.4.